The van der Waals surface area contributed by atoms with Crippen LogP contribution in [0.3, 0.4) is 0 Å². The predicted octanol–water partition coefficient (Wildman–Crippen LogP) is 6.38. The molecule has 8 nitrogen and oxygen atoms in total. The lowest BCUT2D eigenvalue weighted by atomic mass is 10.0. The second-order valence-corrected chi connectivity index (χ2v) is 11.0. The lowest BCUT2D eigenvalue weighted by Crippen LogP contribution is -2.43. The number of benzene rings is 3. The van der Waals surface area contributed by atoms with E-state index in [0.29, 0.717) is 0 Å². The Hall–Kier alpha value is -3.88. The van der Waals surface area contributed by atoms with Gasteiger partial charge in [0.15, 0.2) is 5.78 Å². The fraction of sp³-hybridized carbons (Fsp3) is 0.290. The fourth-order valence-electron chi connectivity index (χ4n) is 3.77. The number of esters is 1. The lowest BCUT2D eigenvalue weighted by Gasteiger charge is -2.20. The number of halogens is 2. The maximum absolute atomic E-state index is 13.3. The Bertz CT molecular complexity index is 1350. The normalized spacial score (nSPS) is 11.7. The first-order valence-corrected chi connectivity index (χ1v) is 13.7. The number of rotatable bonds is 11. The van der Waals surface area contributed by atoms with Gasteiger partial charge in [0.05, 0.1) is 22.2 Å². The number of ketones is 1. The van der Waals surface area contributed by atoms with Gasteiger partial charge in [0, 0.05) is 6.42 Å². The molecule has 41 heavy (non-hydrogen) atoms. The van der Waals surface area contributed by atoms with Gasteiger partial charge in [-0.3, -0.25) is 9.59 Å². The predicted molar refractivity (Wildman–Crippen MR) is 158 cm³/mol. The van der Waals surface area contributed by atoms with Crippen molar-refractivity contribution in [3.05, 3.63) is 94.0 Å². The number of carbonyl (C=O) groups is 4. The summed E-state index contributed by atoms with van der Waals surface area (Å²) in [4.78, 5) is 50.6. The molecule has 10 heteroatoms. The molecule has 0 bridgehead atoms. The number of carbonyl (C=O) groups excluding carboxylic acids is 4. The van der Waals surface area contributed by atoms with Crippen LogP contribution in [0, 0.1) is 0 Å². The summed E-state index contributed by atoms with van der Waals surface area (Å²) in [6.45, 7) is 4.80. The average Bonchev–Trinajstić information content (AvgIpc) is 2.92. The minimum Gasteiger partial charge on any atom is -0.459 e. The van der Waals surface area contributed by atoms with Crippen LogP contribution in [0.4, 0.5) is 4.79 Å². The van der Waals surface area contributed by atoms with Crippen LogP contribution in [0.1, 0.15) is 49.5 Å². The SMILES string of the molecule is CC(C)(C)OC(=O)NCC(=O)CC[C@H](NC(=O)c1c(Cl)cc(-c2ccccc2)cc1Cl)C(=O)OCc1ccccc1. The van der Waals surface area contributed by atoms with Crippen molar-refractivity contribution in [3.63, 3.8) is 0 Å². The maximum atomic E-state index is 13.3. The van der Waals surface area contributed by atoms with Gasteiger partial charge in [-0.05, 0) is 56.0 Å². The highest BCUT2D eigenvalue weighted by molar-refractivity contribution is 6.40. The lowest BCUT2D eigenvalue weighted by molar-refractivity contribution is -0.147. The van der Waals surface area contributed by atoms with Crippen molar-refractivity contribution in [3.8, 4) is 11.1 Å². The monoisotopic (exact) mass is 598 g/mol. The van der Waals surface area contributed by atoms with Crippen molar-refractivity contribution in [1.29, 1.82) is 0 Å². The van der Waals surface area contributed by atoms with Gasteiger partial charge in [-0.1, -0.05) is 83.9 Å². The summed E-state index contributed by atoms with van der Waals surface area (Å²) < 4.78 is 10.6. The molecular weight excluding hydrogens is 567 g/mol. The molecule has 0 heterocycles. The standard InChI is InChI=1S/C31H32Cl2N2O6/c1-31(2,3)41-30(39)34-18-23(36)14-15-26(29(38)40-19-20-10-6-4-7-11-20)35-28(37)27-24(32)16-22(17-25(27)33)21-12-8-5-9-13-21/h4-13,16-17,26H,14-15,18-19H2,1-3H3,(H,34,39)(H,35,37)/t26-/m0/s1. The summed E-state index contributed by atoms with van der Waals surface area (Å²) in [5, 5.41) is 5.20. The topological polar surface area (TPSA) is 111 Å². The molecule has 1 atom stereocenters. The Morgan fingerprint density at radius 2 is 1.44 bits per heavy atom. The second-order valence-electron chi connectivity index (χ2n) is 10.2. The van der Waals surface area contributed by atoms with Crippen LogP contribution in [-0.2, 0) is 25.7 Å². The molecule has 0 aromatic heterocycles. The number of hydrogen-bond acceptors (Lipinski definition) is 6. The number of amides is 2. The van der Waals surface area contributed by atoms with Crippen LogP contribution in [-0.4, -0.2) is 41.9 Å². The van der Waals surface area contributed by atoms with Crippen LogP contribution in [0.5, 0.6) is 0 Å². The quantitative estimate of drug-likeness (QED) is 0.248. The second kappa shape index (κ2) is 14.7. The molecule has 2 amide bonds. The molecule has 2 N–H and O–H groups in total. The molecule has 0 saturated heterocycles. The van der Waals surface area contributed by atoms with E-state index >= 15 is 0 Å². The van der Waals surface area contributed by atoms with E-state index in [1.807, 2.05) is 48.5 Å². The van der Waals surface area contributed by atoms with Crippen LogP contribution in [0.15, 0.2) is 72.8 Å². The number of ether oxygens (including phenoxy) is 2. The Kier molecular flexibility index (Phi) is 11.3. The molecule has 3 aromatic rings. The third-order valence-electron chi connectivity index (χ3n) is 5.73. The van der Waals surface area contributed by atoms with Gasteiger partial charge in [0.1, 0.15) is 18.2 Å². The molecule has 0 aliphatic heterocycles. The molecule has 0 saturated carbocycles. The zero-order valence-electron chi connectivity index (χ0n) is 23.0. The minimum atomic E-state index is -1.18. The highest BCUT2D eigenvalue weighted by Gasteiger charge is 2.27. The van der Waals surface area contributed by atoms with Gasteiger partial charge in [0.2, 0.25) is 0 Å². The molecular formula is C31H32Cl2N2O6. The van der Waals surface area contributed by atoms with Crippen molar-refractivity contribution in [2.24, 2.45) is 0 Å². The first-order valence-electron chi connectivity index (χ1n) is 13.0. The largest absolute Gasteiger partial charge is 0.459 e. The highest BCUT2D eigenvalue weighted by atomic mass is 35.5. The number of nitrogens with one attached hydrogen (secondary N) is 2. The summed E-state index contributed by atoms with van der Waals surface area (Å²) in [5.41, 5.74) is 1.62. The van der Waals surface area contributed by atoms with E-state index in [1.165, 1.54) is 0 Å². The van der Waals surface area contributed by atoms with E-state index in [4.69, 9.17) is 32.7 Å². The van der Waals surface area contributed by atoms with Crippen molar-refractivity contribution < 1.29 is 28.7 Å². The van der Waals surface area contributed by atoms with Gasteiger partial charge in [-0.25, -0.2) is 9.59 Å². The van der Waals surface area contributed by atoms with Gasteiger partial charge >= 0.3 is 12.1 Å². The van der Waals surface area contributed by atoms with E-state index in [-0.39, 0.29) is 47.4 Å². The molecule has 0 fully saturated rings. The Labute approximate surface area is 249 Å². The zero-order valence-corrected chi connectivity index (χ0v) is 24.6. The van der Waals surface area contributed by atoms with E-state index in [1.54, 1.807) is 45.0 Å². The number of hydrogen-bond donors (Lipinski definition) is 2. The van der Waals surface area contributed by atoms with E-state index in [2.05, 4.69) is 10.6 Å². The van der Waals surface area contributed by atoms with E-state index in [9.17, 15) is 19.2 Å². The smallest absolute Gasteiger partial charge is 0.408 e. The maximum Gasteiger partial charge on any atom is 0.408 e. The van der Waals surface area contributed by atoms with Crippen LogP contribution in [0.25, 0.3) is 11.1 Å². The van der Waals surface area contributed by atoms with Crippen molar-refractivity contribution in [1.82, 2.24) is 10.6 Å². The molecule has 0 spiro atoms. The summed E-state index contributed by atoms with van der Waals surface area (Å²) >= 11 is 12.9. The van der Waals surface area contributed by atoms with E-state index in [0.717, 1.165) is 16.7 Å². The highest BCUT2D eigenvalue weighted by Crippen LogP contribution is 2.32. The zero-order chi connectivity index (χ0) is 30.0. The van der Waals surface area contributed by atoms with Crippen LogP contribution < -0.4 is 10.6 Å². The van der Waals surface area contributed by atoms with Crippen molar-refractivity contribution in [2.45, 2.75) is 51.9 Å². The summed E-state index contributed by atoms with van der Waals surface area (Å²) in [6, 6.07) is 20.5. The molecule has 0 radical (unpaired) electrons. The third-order valence-corrected chi connectivity index (χ3v) is 6.33. The molecule has 0 aliphatic rings. The Morgan fingerprint density at radius 3 is 2.02 bits per heavy atom. The minimum absolute atomic E-state index is 0.00760. The van der Waals surface area contributed by atoms with Gasteiger partial charge < -0.3 is 20.1 Å². The Balaban J connectivity index is 1.71. The Morgan fingerprint density at radius 1 is 0.854 bits per heavy atom. The molecule has 0 unspecified atom stereocenters. The summed E-state index contributed by atoms with van der Waals surface area (Å²) in [6.07, 6.45) is -0.942. The number of Topliss-reactive ketones (excluding diaryl/α,β-unsaturated/α-hetero) is 1. The van der Waals surface area contributed by atoms with Gasteiger partial charge in [-0.15, -0.1) is 0 Å². The van der Waals surface area contributed by atoms with Crippen molar-refractivity contribution >= 4 is 47.0 Å². The molecule has 3 aromatic carbocycles. The van der Waals surface area contributed by atoms with Crippen LogP contribution >= 0.6 is 23.2 Å². The third kappa shape index (κ3) is 10.2. The van der Waals surface area contributed by atoms with E-state index < -0.39 is 29.6 Å². The first-order chi connectivity index (χ1) is 19.4. The summed E-state index contributed by atoms with van der Waals surface area (Å²) in [7, 11) is 0. The van der Waals surface area contributed by atoms with Crippen molar-refractivity contribution in [2.75, 3.05) is 6.54 Å². The average molecular weight is 600 g/mol. The molecule has 216 valence electrons. The molecule has 3 rings (SSSR count). The van der Waals surface area contributed by atoms with Gasteiger partial charge in [0.25, 0.3) is 5.91 Å². The molecule has 0 aliphatic carbocycles. The summed E-state index contributed by atoms with van der Waals surface area (Å²) in [5.74, 6) is -1.79. The van der Waals surface area contributed by atoms with Gasteiger partial charge in [-0.2, -0.15) is 0 Å². The number of alkyl carbamates (subject to hydrolysis) is 1. The fourth-order valence-corrected chi connectivity index (χ4v) is 4.43. The van der Waals surface area contributed by atoms with Crippen LogP contribution in [0.2, 0.25) is 10.0 Å². The first kappa shape index (κ1) is 31.6.